The first-order chi connectivity index (χ1) is 5.77. The molecule has 0 aliphatic rings. The Balaban J connectivity index is 3.86. The van der Waals surface area contributed by atoms with E-state index in [9.17, 15) is 0 Å². The zero-order chi connectivity index (χ0) is 10.5. The third-order valence-corrected chi connectivity index (χ3v) is 1.38. The van der Waals surface area contributed by atoms with Gasteiger partial charge in [0.25, 0.3) is 0 Å². The predicted octanol–water partition coefficient (Wildman–Crippen LogP) is 3.50. The van der Waals surface area contributed by atoms with Crippen LogP contribution in [0.1, 0.15) is 41.0 Å². The molecule has 0 saturated heterocycles. The van der Waals surface area contributed by atoms with Crippen molar-refractivity contribution in [2.45, 2.75) is 46.6 Å². The van der Waals surface area contributed by atoms with E-state index in [4.69, 9.17) is 9.78 Å². The Labute approximate surface area is 81.9 Å². The van der Waals surface area contributed by atoms with E-state index in [-0.39, 0.29) is 11.0 Å². The van der Waals surface area contributed by atoms with Crippen LogP contribution in [0.4, 0.5) is 0 Å². The van der Waals surface area contributed by atoms with Gasteiger partial charge in [0.05, 0.1) is 5.60 Å². The van der Waals surface area contributed by atoms with Crippen LogP contribution in [0.15, 0.2) is 12.7 Å². The minimum atomic E-state index is -0.266. The molecule has 0 N–H and O–H groups in total. The smallest absolute Gasteiger partial charge is 0.144 e. The van der Waals surface area contributed by atoms with Crippen molar-refractivity contribution in [3.05, 3.63) is 19.3 Å². The van der Waals surface area contributed by atoms with E-state index < -0.39 is 0 Å². The minimum Gasteiger partial charge on any atom is -0.230 e. The van der Waals surface area contributed by atoms with Crippen LogP contribution in [0.25, 0.3) is 0 Å². The highest BCUT2D eigenvalue weighted by Gasteiger charge is 2.27. The van der Waals surface area contributed by atoms with Gasteiger partial charge in [0, 0.05) is 0 Å². The van der Waals surface area contributed by atoms with Crippen molar-refractivity contribution in [1.82, 2.24) is 0 Å². The van der Waals surface area contributed by atoms with E-state index in [1.807, 2.05) is 13.8 Å². The number of hydrogen-bond donors (Lipinski definition) is 0. The molecule has 0 bridgehead atoms. The van der Waals surface area contributed by atoms with Crippen LogP contribution in [-0.2, 0) is 9.78 Å². The van der Waals surface area contributed by atoms with Gasteiger partial charge in [-0.05, 0) is 25.7 Å². The fraction of sp³-hybridized carbons (Fsp3) is 0.727. The molecular formula is C11H21O2. The first-order valence-electron chi connectivity index (χ1n) is 4.56. The van der Waals surface area contributed by atoms with Crippen LogP contribution in [0.2, 0.25) is 0 Å². The Bertz CT molecular complexity index is 154. The average molecular weight is 185 g/mol. The molecule has 0 saturated carbocycles. The second kappa shape index (κ2) is 4.77. The molecule has 0 atom stereocenters. The molecule has 0 amide bonds. The monoisotopic (exact) mass is 185 g/mol. The van der Waals surface area contributed by atoms with Crippen LogP contribution in [0.5, 0.6) is 0 Å². The fourth-order valence-electron chi connectivity index (χ4n) is 1.50. The summed E-state index contributed by atoms with van der Waals surface area (Å²) >= 11 is 0. The van der Waals surface area contributed by atoms with Crippen LogP contribution < -0.4 is 0 Å². The summed E-state index contributed by atoms with van der Waals surface area (Å²) in [5.41, 5.74) is -0.0290. The quantitative estimate of drug-likeness (QED) is 0.371. The fourth-order valence-corrected chi connectivity index (χ4v) is 1.50. The molecule has 77 valence electrons. The summed E-state index contributed by atoms with van der Waals surface area (Å²) in [5.74, 6) is 0. The standard InChI is InChI=1S/C11H21O2/c1-7-8-12-13-11(5,6)9-10(2,3)4/h7-8H,1,9H2,2-6H3. The van der Waals surface area contributed by atoms with Crippen molar-refractivity contribution in [2.24, 2.45) is 5.41 Å². The zero-order valence-electron chi connectivity index (χ0n) is 9.39. The van der Waals surface area contributed by atoms with Crippen LogP contribution in [0.3, 0.4) is 0 Å². The molecule has 0 aromatic heterocycles. The van der Waals surface area contributed by atoms with Crippen molar-refractivity contribution in [1.29, 1.82) is 0 Å². The summed E-state index contributed by atoms with van der Waals surface area (Å²) in [7, 11) is 0. The number of hydrogen-bond acceptors (Lipinski definition) is 2. The van der Waals surface area contributed by atoms with E-state index in [1.165, 1.54) is 6.61 Å². The molecule has 13 heavy (non-hydrogen) atoms. The summed E-state index contributed by atoms with van der Waals surface area (Å²) in [5, 5.41) is 0. The summed E-state index contributed by atoms with van der Waals surface area (Å²) in [4.78, 5) is 10.1. The predicted molar refractivity (Wildman–Crippen MR) is 54.8 cm³/mol. The molecule has 2 heteroatoms. The van der Waals surface area contributed by atoms with Crippen molar-refractivity contribution in [2.75, 3.05) is 0 Å². The molecule has 1 radical (unpaired) electrons. The second-order valence-corrected chi connectivity index (χ2v) is 5.05. The lowest BCUT2D eigenvalue weighted by Crippen LogP contribution is -2.30. The maximum absolute atomic E-state index is 5.22. The summed E-state index contributed by atoms with van der Waals surface area (Å²) in [6, 6.07) is 0. The molecule has 0 aromatic carbocycles. The summed E-state index contributed by atoms with van der Waals surface area (Å²) in [6.45, 7) is 15.5. The van der Waals surface area contributed by atoms with Crippen molar-refractivity contribution in [3.63, 3.8) is 0 Å². The van der Waals surface area contributed by atoms with E-state index in [2.05, 4.69) is 27.4 Å². The van der Waals surface area contributed by atoms with Crippen LogP contribution in [-0.4, -0.2) is 5.60 Å². The Morgan fingerprint density at radius 3 is 2.08 bits per heavy atom. The zero-order valence-corrected chi connectivity index (χ0v) is 9.39. The molecule has 2 nitrogen and oxygen atoms in total. The van der Waals surface area contributed by atoms with Crippen molar-refractivity contribution < 1.29 is 9.78 Å². The largest absolute Gasteiger partial charge is 0.230 e. The highest BCUT2D eigenvalue weighted by molar-refractivity contribution is 4.78. The first kappa shape index (κ1) is 12.7. The molecule has 0 aliphatic heterocycles. The third kappa shape index (κ3) is 8.00. The molecule has 0 aromatic rings. The Morgan fingerprint density at radius 1 is 1.15 bits per heavy atom. The first-order valence-corrected chi connectivity index (χ1v) is 4.56. The van der Waals surface area contributed by atoms with Gasteiger partial charge in [-0.25, -0.2) is 9.78 Å². The lowest BCUT2D eigenvalue weighted by atomic mass is 9.84. The SMILES string of the molecule is C=C[CH]OOC(C)(C)CC(C)(C)C. The molecule has 0 fully saturated rings. The Morgan fingerprint density at radius 2 is 1.69 bits per heavy atom. The van der Waals surface area contributed by atoms with Gasteiger partial charge in [-0.3, -0.25) is 0 Å². The van der Waals surface area contributed by atoms with Gasteiger partial charge in [-0.15, -0.1) is 6.58 Å². The van der Waals surface area contributed by atoms with E-state index in [0.29, 0.717) is 0 Å². The molecule has 0 heterocycles. The van der Waals surface area contributed by atoms with Crippen LogP contribution in [0, 0.1) is 12.0 Å². The average Bonchev–Trinajstić information content (AvgIpc) is 1.81. The van der Waals surface area contributed by atoms with Gasteiger partial charge >= 0.3 is 0 Å². The summed E-state index contributed by atoms with van der Waals surface area (Å²) < 4.78 is 0. The molecule has 0 spiro atoms. The van der Waals surface area contributed by atoms with Gasteiger partial charge in [0.2, 0.25) is 0 Å². The van der Waals surface area contributed by atoms with E-state index in [0.717, 1.165) is 6.42 Å². The third-order valence-electron chi connectivity index (χ3n) is 1.38. The van der Waals surface area contributed by atoms with Gasteiger partial charge in [0.1, 0.15) is 6.61 Å². The van der Waals surface area contributed by atoms with E-state index in [1.54, 1.807) is 6.08 Å². The maximum atomic E-state index is 5.22. The minimum absolute atomic E-state index is 0.237. The molecule has 0 unspecified atom stereocenters. The van der Waals surface area contributed by atoms with Crippen LogP contribution >= 0.6 is 0 Å². The molecule has 0 aliphatic carbocycles. The Hall–Kier alpha value is -0.340. The van der Waals surface area contributed by atoms with E-state index >= 15 is 0 Å². The lowest BCUT2D eigenvalue weighted by molar-refractivity contribution is -0.332. The highest BCUT2D eigenvalue weighted by atomic mass is 17.2. The van der Waals surface area contributed by atoms with Gasteiger partial charge < -0.3 is 0 Å². The molecular weight excluding hydrogens is 164 g/mol. The maximum Gasteiger partial charge on any atom is 0.144 e. The highest BCUT2D eigenvalue weighted by Crippen LogP contribution is 2.29. The van der Waals surface area contributed by atoms with Crippen molar-refractivity contribution >= 4 is 0 Å². The van der Waals surface area contributed by atoms with Gasteiger partial charge in [-0.1, -0.05) is 26.8 Å². The topological polar surface area (TPSA) is 18.5 Å². The Kier molecular flexibility index (Phi) is 4.65. The van der Waals surface area contributed by atoms with Crippen molar-refractivity contribution in [3.8, 4) is 0 Å². The summed E-state index contributed by atoms with van der Waals surface area (Å²) in [6.07, 6.45) is 2.48. The van der Waals surface area contributed by atoms with Gasteiger partial charge in [0.15, 0.2) is 0 Å². The number of rotatable bonds is 5. The lowest BCUT2D eigenvalue weighted by Gasteiger charge is -2.30. The second-order valence-electron chi connectivity index (χ2n) is 5.05. The normalized spacial score (nSPS) is 13.0. The van der Waals surface area contributed by atoms with Gasteiger partial charge in [-0.2, -0.15) is 0 Å². The molecule has 0 rings (SSSR count).